The summed E-state index contributed by atoms with van der Waals surface area (Å²) in [5.41, 5.74) is 1.04. The number of guanidine groups is 1. The molecule has 1 aromatic carbocycles. The van der Waals surface area contributed by atoms with Crippen molar-refractivity contribution in [2.24, 2.45) is 4.99 Å². The Morgan fingerprint density at radius 1 is 1.40 bits per heavy atom. The van der Waals surface area contributed by atoms with Gasteiger partial charge in [-0.1, -0.05) is 11.6 Å². The van der Waals surface area contributed by atoms with Gasteiger partial charge in [0, 0.05) is 37.3 Å². The molecule has 2 rings (SSSR count). The number of hydrogen-bond donors (Lipinski definition) is 2. The van der Waals surface area contributed by atoms with E-state index in [1.807, 2.05) is 25.1 Å². The van der Waals surface area contributed by atoms with Crippen LogP contribution < -0.4 is 20.3 Å². The molecule has 0 bridgehead atoms. The zero-order valence-corrected chi connectivity index (χ0v) is 16.1. The van der Waals surface area contributed by atoms with Gasteiger partial charge in [0.25, 0.3) is 0 Å². The van der Waals surface area contributed by atoms with Crippen LogP contribution in [0.3, 0.4) is 0 Å². The maximum Gasteiger partial charge on any atom is 0.191 e. The summed E-state index contributed by atoms with van der Waals surface area (Å²) in [5.74, 6) is 1.69. The molecule has 1 aliphatic rings. The molecule has 7 heteroatoms. The average Bonchev–Trinajstić information content (AvgIpc) is 3.07. The molecule has 6 nitrogen and oxygen atoms in total. The number of halogens is 1. The van der Waals surface area contributed by atoms with Gasteiger partial charge in [-0.2, -0.15) is 0 Å². The maximum atomic E-state index is 6.16. The fraction of sp³-hybridized carbons (Fsp3) is 0.611. The van der Waals surface area contributed by atoms with Gasteiger partial charge < -0.3 is 25.0 Å². The van der Waals surface area contributed by atoms with Crippen LogP contribution >= 0.6 is 11.6 Å². The van der Waals surface area contributed by atoms with Crippen molar-refractivity contribution >= 4 is 23.2 Å². The second kappa shape index (κ2) is 10.4. The van der Waals surface area contributed by atoms with E-state index in [-0.39, 0.29) is 0 Å². The Kier molecular flexibility index (Phi) is 8.15. The van der Waals surface area contributed by atoms with Gasteiger partial charge in [-0.3, -0.25) is 4.99 Å². The topological polar surface area (TPSA) is 58.1 Å². The molecule has 1 saturated heterocycles. The van der Waals surface area contributed by atoms with Gasteiger partial charge in [-0.15, -0.1) is 0 Å². The normalized spacial score (nSPS) is 17.7. The minimum atomic E-state index is 0.327. The average molecular weight is 369 g/mol. The summed E-state index contributed by atoms with van der Waals surface area (Å²) in [6, 6.07) is 6.06. The van der Waals surface area contributed by atoms with Crippen LogP contribution in [0.5, 0.6) is 5.75 Å². The van der Waals surface area contributed by atoms with E-state index < -0.39 is 0 Å². The lowest BCUT2D eigenvalue weighted by atomic mass is 10.2. The number of ether oxygens (including phenoxy) is 2. The van der Waals surface area contributed by atoms with Crippen molar-refractivity contribution in [1.82, 2.24) is 10.6 Å². The highest BCUT2D eigenvalue weighted by molar-refractivity contribution is 6.30. The SMILES string of the molecule is CCNC(=NCCOCC)NC1CCN(c2cc(Cl)ccc2OC)C1. The molecule has 1 aromatic rings. The highest BCUT2D eigenvalue weighted by Gasteiger charge is 2.25. The minimum Gasteiger partial charge on any atom is -0.495 e. The quantitative estimate of drug-likeness (QED) is 0.419. The Bertz CT molecular complexity index is 568. The molecule has 1 aliphatic heterocycles. The van der Waals surface area contributed by atoms with E-state index in [4.69, 9.17) is 21.1 Å². The van der Waals surface area contributed by atoms with E-state index in [0.717, 1.165) is 55.1 Å². The van der Waals surface area contributed by atoms with E-state index in [9.17, 15) is 0 Å². The van der Waals surface area contributed by atoms with Crippen molar-refractivity contribution in [3.63, 3.8) is 0 Å². The van der Waals surface area contributed by atoms with Crippen LogP contribution in [0.1, 0.15) is 20.3 Å². The van der Waals surface area contributed by atoms with E-state index in [2.05, 4.69) is 27.4 Å². The second-order valence-electron chi connectivity index (χ2n) is 5.85. The Morgan fingerprint density at radius 3 is 2.96 bits per heavy atom. The molecule has 0 amide bonds. The molecule has 1 atom stereocenters. The first-order chi connectivity index (χ1) is 12.2. The van der Waals surface area contributed by atoms with Crippen LogP contribution in [0.25, 0.3) is 0 Å². The molecule has 0 spiro atoms. The summed E-state index contributed by atoms with van der Waals surface area (Å²) >= 11 is 6.16. The van der Waals surface area contributed by atoms with Crippen LogP contribution in [0, 0.1) is 0 Å². The van der Waals surface area contributed by atoms with E-state index >= 15 is 0 Å². The van der Waals surface area contributed by atoms with Crippen molar-refractivity contribution in [3.8, 4) is 5.75 Å². The van der Waals surface area contributed by atoms with E-state index in [1.54, 1.807) is 7.11 Å². The summed E-state index contributed by atoms with van der Waals surface area (Å²) in [5, 5.41) is 7.53. The van der Waals surface area contributed by atoms with Gasteiger partial charge in [0.2, 0.25) is 0 Å². The Labute approximate surface area is 155 Å². The van der Waals surface area contributed by atoms with Crippen molar-refractivity contribution in [3.05, 3.63) is 23.2 Å². The van der Waals surface area contributed by atoms with Crippen molar-refractivity contribution in [1.29, 1.82) is 0 Å². The zero-order valence-electron chi connectivity index (χ0n) is 15.3. The molecule has 1 unspecified atom stereocenters. The number of benzene rings is 1. The van der Waals surface area contributed by atoms with Crippen molar-refractivity contribution < 1.29 is 9.47 Å². The first-order valence-corrected chi connectivity index (χ1v) is 9.26. The molecule has 1 fully saturated rings. The second-order valence-corrected chi connectivity index (χ2v) is 6.29. The molecular weight excluding hydrogens is 340 g/mol. The van der Waals surface area contributed by atoms with Crippen LogP contribution in [0.2, 0.25) is 5.02 Å². The number of nitrogens with one attached hydrogen (secondary N) is 2. The molecule has 0 aliphatic carbocycles. The zero-order chi connectivity index (χ0) is 18.1. The van der Waals surface area contributed by atoms with Gasteiger partial charge >= 0.3 is 0 Å². The first-order valence-electron chi connectivity index (χ1n) is 8.89. The molecule has 25 heavy (non-hydrogen) atoms. The standard InChI is InChI=1S/C18H29ClN4O2/c1-4-20-18(21-9-11-25-5-2)22-15-8-10-23(13-15)16-12-14(19)6-7-17(16)24-3/h6-7,12,15H,4-5,8-11,13H2,1-3H3,(H2,20,21,22). The predicted molar refractivity (Wildman–Crippen MR) is 104 cm³/mol. The number of rotatable bonds is 8. The highest BCUT2D eigenvalue weighted by Crippen LogP contribution is 2.33. The number of anilines is 1. The van der Waals surface area contributed by atoms with Gasteiger partial charge in [-0.25, -0.2) is 0 Å². The molecule has 0 aromatic heterocycles. The summed E-state index contributed by atoms with van der Waals surface area (Å²) in [6.45, 7) is 8.74. The van der Waals surface area contributed by atoms with E-state index in [1.165, 1.54) is 0 Å². The molecule has 140 valence electrons. The third-order valence-electron chi connectivity index (χ3n) is 4.06. The lowest BCUT2D eigenvalue weighted by Gasteiger charge is -2.22. The van der Waals surface area contributed by atoms with Gasteiger partial charge in [0.05, 0.1) is 25.9 Å². The highest BCUT2D eigenvalue weighted by atomic mass is 35.5. The number of nitrogens with zero attached hydrogens (tertiary/aromatic N) is 2. The number of methoxy groups -OCH3 is 1. The molecular formula is C18H29ClN4O2. The van der Waals surface area contributed by atoms with Crippen molar-refractivity contribution in [2.45, 2.75) is 26.3 Å². The third-order valence-corrected chi connectivity index (χ3v) is 4.30. The van der Waals surface area contributed by atoms with Gasteiger partial charge in [0.1, 0.15) is 5.75 Å². The molecule has 2 N–H and O–H groups in total. The Hall–Kier alpha value is -1.66. The molecule has 0 radical (unpaired) electrons. The number of hydrogen-bond acceptors (Lipinski definition) is 4. The lowest BCUT2D eigenvalue weighted by molar-refractivity contribution is 0.155. The van der Waals surface area contributed by atoms with Crippen molar-refractivity contribution in [2.75, 3.05) is 51.4 Å². The Morgan fingerprint density at radius 2 is 2.24 bits per heavy atom. The lowest BCUT2D eigenvalue weighted by Crippen LogP contribution is -2.44. The third kappa shape index (κ3) is 5.97. The molecule has 0 saturated carbocycles. The monoisotopic (exact) mass is 368 g/mol. The fourth-order valence-corrected chi connectivity index (χ4v) is 3.05. The minimum absolute atomic E-state index is 0.327. The fourth-order valence-electron chi connectivity index (χ4n) is 2.89. The van der Waals surface area contributed by atoms with Crippen LogP contribution in [-0.2, 0) is 4.74 Å². The van der Waals surface area contributed by atoms with Crippen LogP contribution in [0.4, 0.5) is 5.69 Å². The van der Waals surface area contributed by atoms with Crippen LogP contribution in [0.15, 0.2) is 23.2 Å². The smallest absolute Gasteiger partial charge is 0.191 e. The largest absolute Gasteiger partial charge is 0.495 e. The molecule has 1 heterocycles. The summed E-state index contributed by atoms with van der Waals surface area (Å²) < 4.78 is 10.8. The first kappa shape index (κ1) is 19.7. The Balaban J connectivity index is 1.95. The maximum absolute atomic E-state index is 6.16. The number of aliphatic imine (C=N–C) groups is 1. The van der Waals surface area contributed by atoms with E-state index in [0.29, 0.717) is 19.2 Å². The van der Waals surface area contributed by atoms with Gasteiger partial charge in [0.15, 0.2) is 5.96 Å². The summed E-state index contributed by atoms with van der Waals surface area (Å²) in [7, 11) is 1.69. The summed E-state index contributed by atoms with van der Waals surface area (Å²) in [4.78, 5) is 6.86. The van der Waals surface area contributed by atoms with Crippen LogP contribution in [-0.4, -0.2) is 58.5 Å². The van der Waals surface area contributed by atoms with Gasteiger partial charge in [-0.05, 0) is 38.5 Å². The summed E-state index contributed by atoms with van der Waals surface area (Å²) in [6.07, 6.45) is 1.03. The predicted octanol–water partition coefficient (Wildman–Crippen LogP) is 2.52.